The Morgan fingerprint density at radius 2 is 1.90 bits per heavy atom. The molecule has 6 nitrogen and oxygen atoms in total. The molecule has 0 spiro atoms. The van der Waals surface area contributed by atoms with Crippen LogP contribution in [0.3, 0.4) is 0 Å². The van der Waals surface area contributed by atoms with Crippen LogP contribution in [0.25, 0.3) is 0 Å². The predicted octanol–water partition coefficient (Wildman–Crippen LogP) is 1.93. The molecule has 1 N–H and O–H groups in total. The molecule has 1 aromatic heterocycles. The largest absolute Gasteiger partial charge is 0.330 e. The molecule has 2 aromatic rings. The zero-order valence-electron chi connectivity index (χ0n) is 10.2. The van der Waals surface area contributed by atoms with Crippen molar-refractivity contribution < 1.29 is 9.59 Å². The predicted molar refractivity (Wildman–Crippen MR) is 72.2 cm³/mol. The summed E-state index contributed by atoms with van der Waals surface area (Å²) in [5.74, 6) is -0.113. The Hall–Kier alpha value is -2.47. The third kappa shape index (κ3) is 2.10. The minimum atomic E-state index is -0.755. The number of hydrogen-bond acceptors (Lipinski definition) is 4. The fourth-order valence-electron chi connectivity index (χ4n) is 2.10. The van der Waals surface area contributed by atoms with Crippen LogP contribution >= 0.6 is 11.6 Å². The number of carbonyl (C=O) groups is 2. The van der Waals surface area contributed by atoms with E-state index in [1.807, 2.05) is 6.07 Å². The summed E-state index contributed by atoms with van der Waals surface area (Å²) in [6.45, 7) is 0. The molecule has 1 aromatic carbocycles. The third-order valence-corrected chi connectivity index (χ3v) is 3.11. The van der Waals surface area contributed by atoms with Crippen LogP contribution in [-0.4, -0.2) is 21.9 Å². The average Bonchev–Trinajstić information content (AvgIpc) is 2.74. The molecule has 0 saturated carbocycles. The maximum absolute atomic E-state index is 12.0. The number of rotatable bonds is 2. The van der Waals surface area contributed by atoms with Gasteiger partial charge in [0, 0.05) is 6.20 Å². The number of carbonyl (C=O) groups excluding carboxylic acids is 2. The molecule has 1 saturated heterocycles. The van der Waals surface area contributed by atoms with E-state index in [0.717, 1.165) is 0 Å². The Kier molecular flexibility index (Phi) is 3.08. The van der Waals surface area contributed by atoms with Gasteiger partial charge in [0.05, 0.1) is 0 Å². The van der Waals surface area contributed by atoms with Gasteiger partial charge < -0.3 is 0 Å². The number of hydrogen-bond donors (Lipinski definition) is 1. The molecule has 3 rings (SSSR count). The van der Waals surface area contributed by atoms with Gasteiger partial charge in [-0.3, -0.25) is 15.0 Å². The standard InChI is InChI=1S/C13H9ClN4O2/c14-12-15-7-6-9(16-12)18-10(11(19)17-13(18)20)8-4-2-1-3-5-8/h1-7,10H,(H,17,19,20). The summed E-state index contributed by atoms with van der Waals surface area (Å²) in [6.07, 6.45) is 1.43. The van der Waals surface area contributed by atoms with Crippen molar-refractivity contribution in [2.45, 2.75) is 6.04 Å². The molecule has 100 valence electrons. The van der Waals surface area contributed by atoms with Crippen molar-refractivity contribution in [3.05, 3.63) is 53.4 Å². The molecular formula is C13H9ClN4O2. The summed E-state index contributed by atoms with van der Waals surface area (Å²) in [6, 6.07) is 9.24. The van der Waals surface area contributed by atoms with Gasteiger partial charge in [0.15, 0.2) is 0 Å². The molecule has 1 atom stereocenters. The fourth-order valence-corrected chi connectivity index (χ4v) is 2.24. The van der Waals surface area contributed by atoms with Gasteiger partial charge in [0.1, 0.15) is 11.9 Å². The highest BCUT2D eigenvalue weighted by Gasteiger charge is 2.41. The van der Waals surface area contributed by atoms with Crippen molar-refractivity contribution in [3.63, 3.8) is 0 Å². The van der Waals surface area contributed by atoms with Crippen LogP contribution in [0.15, 0.2) is 42.6 Å². The second-order valence-electron chi connectivity index (χ2n) is 4.16. The number of imide groups is 1. The highest BCUT2D eigenvalue weighted by molar-refractivity contribution is 6.28. The van der Waals surface area contributed by atoms with E-state index in [0.29, 0.717) is 5.56 Å². The van der Waals surface area contributed by atoms with E-state index in [2.05, 4.69) is 15.3 Å². The lowest BCUT2D eigenvalue weighted by atomic mass is 10.1. The summed E-state index contributed by atoms with van der Waals surface area (Å²) in [4.78, 5) is 33.0. The third-order valence-electron chi connectivity index (χ3n) is 2.93. The Labute approximate surface area is 119 Å². The maximum atomic E-state index is 12.0. The lowest BCUT2D eigenvalue weighted by Crippen LogP contribution is -2.30. The van der Waals surface area contributed by atoms with Crippen LogP contribution in [-0.2, 0) is 4.79 Å². The second-order valence-corrected chi connectivity index (χ2v) is 4.50. The SMILES string of the molecule is O=C1NC(=O)N(c2ccnc(Cl)n2)C1c1ccccc1. The van der Waals surface area contributed by atoms with Crippen molar-refractivity contribution in [1.82, 2.24) is 15.3 Å². The number of aromatic nitrogens is 2. The molecule has 1 aliphatic rings. The van der Waals surface area contributed by atoms with Crippen molar-refractivity contribution in [1.29, 1.82) is 0 Å². The number of nitrogens with zero attached hydrogens (tertiary/aromatic N) is 3. The number of halogens is 1. The van der Waals surface area contributed by atoms with Gasteiger partial charge in [0.25, 0.3) is 5.91 Å². The first-order chi connectivity index (χ1) is 9.66. The number of urea groups is 1. The second kappa shape index (κ2) is 4.90. The van der Waals surface area contributed by atoms with Crippen LogP contribution in [0.5, 0.6) is 0 Å². The van der Waals surface area contributed by atoms with E-state index in [4.69, 9.17) is 11.6 Å². The Morgan fingerprint density at radius 1 is 1.15 bits per heavy atom. The molecule has 1 unspecified atom stereocenters. The first kappa shape index (κ1) is 12.6. The van der Waals surface area contributed by atoms with Crippen LogP contribution in [0, 0.1) is 0 Å². The first-order valence-electron chi connectivity index (χ1n) is 5.84. The number of anilines is 1. The summed E-state index contributed by atoms with van der Waals surface area (Å²) in [5, 5.41) is 2.29. The molecule has 1 aliphatic heterocycles. The molecule has 7 heteroatoms. The first-order valence-corrected chi connectivity index (χ1v) is 6.22. The highest BCUT2D eigenvalue weighted by atomic mass is 35.5. The molecule has 0 bridgehead atoms. The van der Waals surface area contributed by atoms with E-state index >= 15 is 0 Å². The average molecular weight is 289 g/mol. The van der Waals surface area contributed by atoms with Gasteiger partial charge >= 0.3 is 6.03 Å². The molecule has 20 heavy (non-hydrogen) atoms. The van der Waals surface area contributed by atoms with Crippen molar-refractivity contribution >= 4 is 29.4 Å². The summed E-state index contributed by atoms with van der Waals surface area (Å²) in [5.41, 5.74) is 0.700. The van der Waals surface area contributed by atoms with E-state index < -0.39 is 18.0 Å². The Bertz CT molecular complexity index is 677. The minimum absolute atomic E-state index is 0.0152. The van der Waals surface area contributed by atoms with Gasteiger partial charge in [-0.05, 0) is 23.2 Å². The van der Waals surface area contributed by atoms with Crippen molar-refractivity contribution in [2.24, 2.45) is 0 Å². The Balaban J connectivity index is 2.07. The summed E-state index contributed by atoms with van der Waals surface area (Å²) in [7, 11) is 0. The normalized spacial score (nSPS) is 18.2. The topological polar surface area (TPSA) is 75.2 Å². The van der Waals surface area contributed by atoms with E-state index in [1.54, 1.807) is 24.3 Å². The van der Waals surface area contributed by atoms with Crippen molar-refractivity contribution in [3.8, 4) is 0 Å². The molecule has 2 heterocycles. The molecule has 1 fully saturated rings. The van der Waals surface area contributed by atoms with E-state index in [1.165, 1.54) is 17.2 Å². The minimum Gasteiger partial charge on any atom is -0.275 e. The van der Waals surface area contributed by atoms with E-state index in [9.17, 15) is 9.59 Å². The van der Waals surface area contributed by atoms with Gasteiger partial charge in [0.2, 0.25) is 5.28 Å². The molecule has 0 radical (unpaired) electrons. The molecular weight excluding hydrogens is 280 g/mol. The number of nitrogens with one attached hydrogen (secondary N) is 1. The quantitative estimate of drug-likeness (QED) is 0.677. The van der Waals surface area contributed by atoms with E-state index in [-0.39, 0.29) is 11.1 Å². The number of amides is 3. The Morgan fingerprint density at radius 3 is 2.60 bits per heavy atom. The summed E-state index contributed by atoms with van der Waals surface area (Å²) >= 11 is 5.74. The van der Waals surface area contributed by atoms with Crippen molar-refractivity contribution in [2.75, 3.05) is 4.90 Å². The maximum Gasteiger partial charge on any atom is 0.330 e. The van der Waals surface area contributed by atoms with Crippen LogP contribution < -0.4 is 10.2 Å². The van der Waals surface area contributed by atoms with Crippen LogP contribution in [0.1, 0.15) is 11.6 Å². The van der Waals surface area contributed by atoms with Crippen LogP contribution in [0.4, 0.5) is 10.6 Å². The molecule has 0 aliphatic carbocycles. The zero-order chi connectivity index (χ0) is 14.1. The highest BCUT2D eigenvalue weighted by Crippen LogP contribution is 2.30. The monoisotopic (exact) mass is 288 g/mol. The summed E-state index contributed by atoms with van der Waals surface area (Å²) < 4.78 is 0. The lowest BCUT2D eigenvalue weighted by molar-refractivity contribution is -0.119. The fraction of sp³-hybridized carbons (Fsp3) is 0.0769. The van der Waals surface area contributed by atoms with Gasteiger partial charge in [-0.2, -0.15) is 0 Å². The zero-order valence-corrected chi connectivity index (χ0v) is 10.9. The lowest BCUT2D eigenvalue weighted by Gasteiger charge is -2.20. The van der Waals surface area contributed by atoms with Gasteiger partial charge in [-0.15, -0.1) is 0 Å². The smallest absolute Gasteiger partial charge is 0.275 e. The van der Waals surface area contributed by atoms with Gasteiger partial charge in [-0.25, -0.2) is 14.8 Å². The molecule has 3 amide bonds. The van der Waals surface area contributed by atoms with Gasteiger partial charge in [-0.1, -0.05) is 30.3 Å². The number of benzene rings is 1. The van der Waals surface area contributed by atoms with Crippen LogP contribution in [0.2, 0.25) is 5.28 Å².